The molecule has 6 heteroatoms. The standard InChI is InChI=1S/C18H12N2O4/c21-19(22)17-12-18(20(23)24)16(14-9-5-2-6-10-14)11-15(17)13-7-3-1-4-8-13/h1-12H. The number of nitro groups is 2. The zero-order valence-corrected chi connectivity index (χ0v) is 12.5. The molecule has 3 aromatic carbocycles. The average Bonchev–Trinajstić information content (AvgIpc) is 2.62. The zero-order valence-electron chi connectivity index (χ0n) is 12.5. The number of nitro benzene ring substituents is 2. The molecule has 6 nitrogen and oxygen atoms in total. The Balaban J connectivity index is 2.33. The SMILES string of the molecule is O=[N+]([O-])c1cc([N+](=O)[O-])c(-c2ccccc2)cc1-c1ccccc1. The van der Waals surface area contributed by atoms with E-state index < -0.39 is 9.85 Å². The monoisotopic (exact) mass is 320 g/mol. The summed E-state index contributed by atoms with van der Waals surface area (Å²) in [6.07, 6.45) is 0. The first kappa shape index (κ1) is 15.4. The van der Waals surface area contributed by atoms with Crippen molar-refractivity contribution in [3.05, 3.63) is 93.0 Å². The van der Waals surface area contributed by atoms with Gasteiger partial charge in [-0.15, -0.1) is 0 Å². The fourth-order valence-electron chi connectivity index (χ4n) is 2.58. The van der Waals surface area contributed by atoms with E-state index in [-0.39, 0.29) is 11.4 Å². The summed E-state index contributed by atoms with van der Waals surface area (Å²) >= 11 is 0. The first-order valence-electron chi connectivity index (χ1n) is 7.15. The van der Waals surface area contributed by atoms with Gasteiger partial charge in [0, 0.05) is 0 Å². The van der Waals surface area contributed by atoms with Gasteiger partial charge in [0.2, 0.25) is 0 Å². The number of hydrogen-bond acceptors (Lipinski definition) is 4. The molecule has 0 amide bonds. The van der Waals surface area contributed by atoms with Crippen LogP contribution in [0.15, 0.2) is 72.8 Å². The van der Waals surface area contributed by atoms with Crippen LogP contribution < -0.4 is 0 Å². The summed E-state index contributed by atoms with van der Waals surface area (Å²) in [6, 6.07) is 20.2. The third kappa shape index (κ3) is 2.85. The van der Waals surface area contributed by atoms with Gasteiger partial charge in [0.05, 0.1) is 27.0 Å². The molecule has 118 valence electrons. The Bertz CT molecular complexity index is 836. The van der Waals surface area contributed by atoms with Crippen LogP contribution in [0.2, 0.25) is 0 Å². The molecule has 24 heavy (non-hydrogen) atoms. The van der Waals surface area contributed by atoms with E-state index in [0.717, 1.165) is 6.07 Å². The van der Waals surface area contributed by atoms with Crippen molar-refractivity contribution in [1.29, 1.82) is 0 Å². The van der Waals surface area contributed by atoms with E-state index in [0.29, 0.717) is 22.3 Å². The third-order valence-corrected chi connectivity index (χ3v) is 3.68. The fraction of sp³-hybridized carbons (Fsp3) is 0. The highest BCUT2D eigenvalue weighted by molar-refractivity contribution is 5.85. The second-order valence-electron chi connectivity index (χ2n) is 5.13. The number of benzene rings is 3. The summed E-state index contributed by atoms with van der Waals surface area (Å²) in [7, 11) is 0. The Morgan fingerprint density at radius 3 is 1.29 bits per heavy atom. The molecule has 0 bridgehead atoms. The summed E-state index contributed by atoms with van der Waals surface area (Å²) in [5.41, 5.74) is 1.41. The van der Waals surface area contributed by atoms with Crippen LogP contribution in [-0.4, -0.2) is 9.85 Å². The largest absolute Gasteiger partial charge is 0.284 e. The topological polar surface area (TPSA) is 86.3 Å². The molecule has 0 fully saturated rings. The zero-order chi connectivity index (χ0) is 17.1. The molecule has 3 aromatic rings. The Morgan fingerprint density at radius 1 is 0.583 bits per heavy atom. The highest BCUT2D eigenvalue weighted by atomic mass is 16.6. The molecule has 0 saturated carbocycles. The maximum Gasteiger partial charge on any atom is 0.284 e. The van der Waals surface area contributed by atoms with Crippen molar-refractivity contribution in [3.63, 3.8) is 0 Å². The second-order valence-corrected chi connectivity index (χ2v) is 5.13. The maximum absolute atomic E-state index is 11.4. The molecule has 0 atom stereocenters. The van der Waals surface area contributed by atoms with Crippen LogP contribution >= 0.6 is 0 Å². The molecule has 0 N–H and O–H groups in total. The van der Waals surface area contributed by atoms with E-state index in [1.54, 1.807) is 60.7 Å². The third-order valence-electron chi connectivity index (χ3n) is 3.68. The lowest BCUT2D eigenvalue weighted by Gasteiger charge is -2.08. The van der Waals surface area contributed by atoms with Crippen LogP contribution in [-0.2, 0) is 0 Å². The Morgan fingerprint density at radius 2 is 0.958 bits per heavy atom. The van der Waals surface area contributed by atoms with Gasteiger partial charge in [-0.3, -0.25) is 20.2 Å². The van der Waals surface area contributed by atoms with Gasteiger partial charge in [-0.1, -0.05) is 60.7 Å². The van der Waals surface area contributed by atoms with Crippen LogP contribution in [0.1, 0.15) is 0 Å². The molecule has 0 unspecified atom stereocenters. The van der Waals surface area contributed by atoms with Gasteiger partial charge in [0.1, 0.15) is 0 Å². The van der Waals surface area contributed by atoms with Gasteiger partial charge >= 0.3 is 0 Å². The van der Waals surface area contributed by atoms with Crippen LogP contribution in [0.4, 0.5) is 11.4 Å². The first-order chi connectivity index (χ1) is 11.6. The van der Waals surface area contributed by atoms with E-state index in [2.05, 4.69) is 0 Å². The molecular weight excluding hydrogens is 308 g/mol. The van der Waals surface area contributed by atoms with Crippen molar-refractivity contribution in [1.82, 2.24) is 0 Å². The smallest absolute Gasteiger partial charge is 0.258 e. The number of hydrogen-bond donors (Lipinski definition) is 0. The predicted octanol–water partition coefficient (Wildman–Crippen LogP) is 4.84. The molecule has 0 radical (unpaired) electrons. The summed E-state index contributed by atoms with van der Waals surface area (Å²) in [5, 5.41) is 22.8. The van der Waals surface area contributed by atoms with Gasteiger partial charge in [-0.05, 0) is 17.2 Å². The second kappa shape index (κ2) is 6.29. The first-order valence-corrected chi connectivity index (χ1v) is 7.15. The van der Waals surface area contributed by atoms with Crippen LogP contribution in [0.25, 0.3) is 22.3 Å². The van der Waals surface area contributed by atoms with E-state index in [4.69, 9.17) is 0 Å². The highest BCUT2D eigenvalue weighted by Gasteiger charge is 2.25. The molecule has 0 spiro atoms. The van der Waals surface area contributed by atoms with Crippen LogP contribution in [0, 0.1) is 20.2 Å². The molecule has 0 heterocycles. The number of rotatable bonds is 4. The minimum absolute atomic E-state index is 0.285. The van der Waals surface area contributed by atoms with Gasteiger partial charge in [0.15, 0.2) is 0 Å². The van der Waals surface area contributed by atoms with Crippen LogP contribution in [0.3, 0.4) is 0 Å². The van der Waals surface area contributed by atoms with E-state index in [1.807, 2.05) is 0 Å². The van der Waals surface area contributed by atoms with Crippen molar-refractivity contribution < 1.29 is 9.85 Å². The van der Waals surface area contributed by atoms with E-state index in [1.165, 1.54) is 6.07 Å². The summed E-state index contributed by atoms with van der Waals surface area (Å²) in [4.78, 5) is 21.6. The maximum atomic E-state index is 11.4. The Labute approximate surface area is 137 Å². The molecule has 0 aliphatic rings. The average molecular weight is 320 g/mol. The lowest BCUT2D eigenvalue weighted by Crippen LogP contribution is -1.98. The molecule has 0 aromatic heterocycles. The highest BCUT2D eigenvalue weighted by Crippen LogP contribution is 2.40. The van der Waals surface area contributed by atoms with Gasteiger partial charge in [0.25, 0.3) is 11.4 Å². The lowest BCUT2D eigenvalue weighted by molar-refractivity contribution is -0.393. The molecule has 3 rings (SSSR count). The fourth-order valence-corrected chi connectivity index (χ4v) is 2.58. The Hall–Kier alpha value is -3.54. The molecule has 0 aliphatic heterocycles. The van der Waals surface area contributed by atoms with Crippen molar-refractivity contribution in [3.8, 4) is 22.3 Å². The van der Waals surface area contributed by atoms with Crippen molar-refractivity contribution >= 4 is 11.4 Å². The summed E-state index contributed by atoms with van der Waals surface area (Å²) < 4.78 is 0. The van der Waals surface area contributed by atoms with Gasteiger partial charge in [-0.25, -0.2) is 0 Å². The minimum atomic E-state index is -0.593. The van der Waals surface area contributed by atoms with Crippen LogP contribution in [0.5, 0.6) is 0 Å². The molecule has 0 aliphatic carbocycles. The molecule has 0 saturated heterocycles. The summed E-state index contributed by atoms with van der Waals surface area (Å²) in [5.74, 6) is 0. The minimum Gasteiger partial charge on any atom is -0.258 e. The van der Waals surface area contributed by atoms with Gasteiger partial charge in [-0.2, -0.15) is 0 Å². The van der Waals surface area contributed by atoms with E-state index >= 15 is 0 Å². The normalized spacial score (nSPS) is 10.3. The van der Waals surface area contributed by atoms with Gasteiger partial charge < -0.3 is 0 Å². The predicted molar refractivity (Wildman–Crippen MR) is 90.6 cm³/mol. The van der Waals surface area contributed by atoms with Crippen molar-refractivity contribution in [2.75, 3.05) is 0 Å². The van der Waals surface area contributed by atoms with Crippen molar-refractivity contribution in [2.24, 2.45) is 0 Å². The number of nitrogens with zero attached hydrogens (tertiary/aromatic N) is 2. The summed E-state index contributed by atoms with van der Waals surface area (Å²) in [6.45, 7) is 0. The molecular formula is C18H12N2O4. The lowest BCUT2D eigenvalue weighted by atomic mass is 9.96. The Kier molecular flexibility index (Phi) is 4.03. The van der Waals surface area contributed by atoms with Crippen molar-refractivity contribution in [2.45, 2.75) is 0 Å². The van der Waals surface area contributed by atoms with E-state index in [9.17, 15) is 20.2 Å². The quantitative estimate of drug-likeness (QED) is 0.508.